The Morgan fingerprint density at radius 2 is 2.23 bits per heavy atom. The Kier molecular flexibility index (Phi) is 1.70. The minimum atomic E-state index is -0.353. The molecule has 66 valence electrons. The molecule has 2 aromatic rings. The molecule has 0 aliphatic rings. The third kappa shape index (κ3) is 1.48. The van der Waals surface area contributed by atoms with Gasteiger partial charge in [0.2, 0.25) is 0 Å². The summed E-state index contributed by atoms with van der Waals surface area (Å²) in [7, 11) is 0. The lowest BCUT2D eigenvalue weighted by atomic mass is 10.2. The first-order valence-corrected chi connectivity index (χ1v) is 3.61. The number of aromatic nitrogens is 2. The van der Waals surface area contributed by atoms with E-state index in [2.05, 4.69) is 10.1 Å². The molecule has 2 rings (SSSR count). The number of nitrogens with two attached hydrogens (primary N) is 1. The number of benzene rings is 1. The summed E-state index contributed by atoms with van der Waals surface area (Å²) in [4.78, 5) is 3.76. The molecule has 5 heteroatoms. The van der Waals surface area contributed by atoms with Crippen molar-refractivity contribution in [2.45, 2.75) is 0 Å². The smallest absolute Gasteiger partial charge is 0.261 e. The molecule has 13 heavy (non-hydrogen) atoms. The number of nitrogens with zero attached hydrogens (tertiary/aromatic N) is 2. The van der Waals surface area contributed by atoms with Gasteiger partial charge in [-0.2, -0.15) is 4.98 Å². The zero-order chi connectivity index (χ0) is 9.26. The van der Waals surface area contributed by atoms with Crippen molar-refractivity contribution >= 4 is 5.95 Å². The fourth-order valence-corrected chi connectivity index (χ4v) is 0.974. The molecule has 0 spiro atoms. The number of hydrogen-bond acceptors (Lipinski definition) is 4. The average Bonchev–Trinajstić information content (AvgIpc) is 2.52. The van der Waals surface area contributed by atoms with Gasteiger partial charge in [0.05, 0.1) is 0 Å². The van der Waals surface area contributed by atoms with Crippen LogP contribution in [0.15, 0.2) is 28.8 Å². The minimum Gasteiger partial charge on any atom is -0.365 e. The summed E-state index contributed by atoms with van der Waals surface area (Å²) in [5, 5.41) is 3.39. The maximum absolute atomic E-state index is 12.7. The second kappa shape index (κ2) is 2.85. The van der Waals surface area contributed by atoms with Gasteiger partial charge in [-0.1, -0.05) is 6.07 Å². The summed E-state index contributed by atoms with van der Waals surface area (Å²) in [5.41, 5.74) is 5.76. The zero-order valence-corrected chi connectivity index (χ0v) is 6.57. The Morgan fingerprint density at radius 3 is 2.85 bits per heavy atom. The molecule has 0 amide bonds. The maximum atomic E-state index is 12.7. The fourth-order valence-electron chi connectivity index (χ4n) is 0.974. The summed E-state index contributed by atoms with van der Waals surface area (Å²) in [6.07, 6.45) is 0. The van der Waals surface area contributed by atoms with Crippen molar-refractivity contribution in [2.24, 2.45) is 0 Å². The SMILES string of the molecule is Nc1noc(-c2cccc(F)c2)n1. The Balaban J connectivity index is 2.46. The summed E-state index contributed by atoms with van der Waals surface area (Å²) in [6.45, 7) is 0. The first-order valence-electron chi connectivity index (χ1n) is 3.61. The van der Waals surface area contributed by atoms with Crippen molar-refractivity contribution in [3.8, 4) is 11.5 Å². The van der Waals surface area contributed by atoms with Crippen molar-refractivity contribution in [3.05, 3.63) is 30.1 Å². The molecule has 0 aliphatic heterocycles. The van der Waals surface area contributed by atoms with Crippen LogP contribution in [0, 0.1) is 5.82 Å². The number of anilines is 1. The van der Waals surface area contributed by atoms with E-state index >= 15 is 0 Å². The van der Waals surface area contributed by atoms with E-state index in [-0.39, 0.29) is 17.7 Å². The van der Waals surface area contributed by atoms with E-state index in [0.717, 1.165) is 0 Å². The average molecular weight is 179 g/mol. The standard InChI is InChI=1S/C8H6FN3O/c9-6-3-1-2-5(4-6)7-11-8(10)12-13-7/h1-4H,(H2,10,12). The van der Waals surface area contributed by atoms with Crippen LogP contribution < -0.4 is 5.73 Å². The predicted octanol–water partition coefficient (Wildman–Crippen LogP) is 1.46. The van der Waals surface area contributed by atoms with Gasteiger partial charge in [-0.15, -0.1) is 0 Å². The van der Waals surface area contributed by atoms with Crippen LogP contribution in [0.1, 0.15) is 0 Å². The highest BCUT2D eigenvalue weighted by Gasteiger charge is 2.06. The molecule has 4 nitrogen and oxygen atoms in total. The highest BCUT2D eigenvalue weighted by atomic mass is 19.1. The molecule has 1 aromatic heterocycles. The van der Waals surface area contributed by atoms with Crippen LogP contribution >= 0.6 is 0 Å². The van der Waals surface area contributed by atoms with Gasteiger partial charge in [0.25, 0.3) is 11.8 Å². The van der Waals surface area contributed by atoms with Gasteiger partial charge in [0.1, 0.15) is 5.82 Å². The predicted molar refractivity (Wildman–Crippen MR) is 44.1 cm³/mol. The number of hydrogen-bond donors (Lipinski definition) is 1. The second-order valence-electron chi connectivity index (χ2n) is 2.47. The van der Waals surface area contributed by atoms with Crippen LogP contribution in [0.2, 0.25) is 0 Å². The maximum Gasteiger partial charge on any atom is 0.261 e. The summed E-state index contributed by atoms with van der Waals surface area (Å²) >= 11 is 0. The van der Waals surface area contributed by atoms with E-state index in [0.29, 0.717) is 5.56 Å². The molecule has 0 radical (unpaired) electrons. The second-order valence-corrected chi connectivity index (χ2v) is 2.47. The highest BCUT2D eigenvalue weighted by Crippen LogP contribution is 2.17. The van der Waals surface area contributed by atoms with Gasteiger partial charge in [-0.3, -0.25) is 0 Å². The normalized spacial score (nSPS) is 10.2. The monoisotopic (exact) mass is 179 g/mol. The first kappa shape index (κ1) is 7.72. The fraction of sp³-hybridized carbons (Fsp3) is 0. The number of rotatable bonds is 1. The van der Waals surface area contributed by atoms with Gasteiger partial charge in [-0.05, 0) is 23.4 Å². The van der Waals surface area contributed by atoms with E-state index in [1.807, 2.05) is 0 Å². The molecular weight excluding hydrogens is 173 g/mol. The Bertz CT molecular complexity index is 427. The first-order chi connectivity index (χ1) is 6.25. The summed E-state index contributed by atoms with van der Waals surface area (Å²) in [6, 6.07) is 5.86. The van der Waals surface area contributed by atoms with E-state index in [9.17, 15) is 4.39 Å². The van der Waals surface area contributed by atoms with E-state index in [1.165, 1.54) is 12.1 Å². The van der Waals surface area contributed by atoms with E-state index < -0.39 is 0 Å². The molecule has 0 unspecified atom stereocenters. The van der Waals surface area contributed by atoms with Crippen molar-refractivity contribution in [3.63, 3.8) is 0 Å². The van der Waals surface area contributed by atoms with Gasteiger partial charge in [-0.25, -0.2) is 4.39 Å². The van der Waals surface area contributed by atoms with Crippen molar-refractivity contribution in [2.75, 3.05) is 5.73 Å². The van der Waals surface area contributed by atoms with Crippen molar-refractivity contribution in [1.29, 1.82) is 0 Å². The molecule has 1 heterocycles. The van der Waals surface area contributed by atoms with Crippen LogP contribution in [0.4, 0.5) is 10.3 Å². The molecule has 0 saturated heterocycles. The quantitative estimate of drug-likeness (QED) is 0.719. The van der Waals surface area contributed by atoms with Crippen molar-refractivity contribution in [1.82, 2.24) is 10.1 Å². The van der Waals surface area contributed by atoms with Crippen LogP contribution in [-0.4, -0.2) is 10.1 Å². The third-order valence-electron chi connectivity index (χ3n) is 1.51. The molecule has 0 saturated carbocycles. The van der Waals surface area contributed by atoms with E-state index in [4.69, 9.17) is 10.3 Å². The van der Waals surface area contributed by atoms with Crippen molar-refractivity contribution < 1.29 is 8.91 Å². The number of nitrogen functional groups attached to an aromatic ring is 1. The number of halogens is 1. The molecule has 2 N–H and O–H groups in total. The third-order valence-corrected chi connectivity index (χ3v) is 1.51. The van der Waals surface area contributed by atoms with Gasteiger partial charge < -0.3 is 10.3 Å². The Morgan fingerprint density at radius 1 is 1.38 bits per heavy atom. The Hall–Kier alpha value is -1.91. The minimum absolute atomic E-state index is 0.0410. The topological polar surface area (TPSA) is 64.9 Å². The molecule has 0 fully saturated rings. The molecule has 0 bridgehead atoms. The van der Waals surface area contributed by atoms with E-state index in [1.54, 1.807) is 12.1 Å². The van der Waals surface area contributed by atoms with Crippen LogP contribution in [0.25, 0.3) is 11.5 Å². The molecular formula is C8H6FN3O. The highest BCUT2D eigenvalue weighted by molar-refractivity contribution is 5.53. The van der Waals surface area contributed by atoms with Gasteiger partial charge >= 0.3 is 0 Å². The lowest BCUT2D eigenvalue weighted by molar-refractivity contribution is 0.432. The molecule has 1 aromatic carbocycles. The van der Waals surface area contributed by atoms with Gasteiger partial charge in [0.15, 0.2) is 0 Å². The lowest BCUT2D eigenvalue weighted by Gasteiger charge is -1.92. The summed E-state index contributed by atoms with van der Waals surface area (Å²) in [5.74, 6) is -0.0921. The largest absolute Gasteiger partial charge is 0.365 e. The van der Waals surface area contributed by atoms with Crippen LogP contribution in [0.5, 0.6) is 0 Å². The molecule has 0 atom stereocenters. The Labute approximate surface area is 73.2 Å². The lowest BCUT2D eigenvalue weighted by Crippen LogP contribution is -1.85. The molecule has 0 aliphatic carbocycles. The van der Waals surface area contributed by atoms with Crippen LogP contribution in [-0.2, 0) is 0 Å². The summed E-state index contributed by atoms with van der Waals surface area (Å²) < 4.78 is 17.5. The van der Waals surface area contributed by atoms with Gasteiger partial charge in [0, 0.05) is 5.56 Å². The van der Waals surface area contributed by atoms with Crippen LogP contribution in [0.3, 0.4) is 0 Å². The zero-order valence-electron chi connectivity index (χ0n) is 6.57.